The van der Waals surface area contributed by atoms with Crippen molar-refractivity contribution in [3.05, 3.63) is 39.3 Å². The minimum Gasteiger partial charge on any atom is -0.331 e. The lowest BCUT2D eigenvalue weighted by Gasteiger charge is -2.21. The van der Waals surface area contributed by atoms with Gasteiger partial charge in [0.15, 0.2) is 0 Å². The van der Waals surface area contributed by atoms with E-state index in [-0.39, 0.29) is 5.91 Å². The van der Waals surface area contributed by atoms with Gasteiger partial charge in [0.1, 0.15) is 0 Å². The first kappa shape index (κ1) is 14.9. The van der Waals surface area contributed by atoms with Crippen LogP contribution in [0.2, 0.25) is 0 Å². The van der Waals surface area contributed by atoms with Gasteiger partial charge in [-0.15, -0.1) is 11.3 Å². The number of aromatic nitrogens is 2. The molecule has 0 saturated heterocycles. The Hall–Kier alpha value is -1.62. The highest BCUT2D eigenvalue weighted by atomic mass is 32.1. The van der Waals surface area contributed by atoms with E-state index in [1.165, 1.54) is 16.9 Å². The van der Waals surface area contributed by atoms with Crippen molar-refractivity contribution in [1.82, 2.24) is 14.7 Å². The predicted molar refractivity (Wildman–Crippen MR) is 91.6 cm³/mol. The molecule has 0 bridgehead atoms. The molecule has 23 heavy (non-hydrogen) atoms. The smallest absolute Gasteiger partial charge is 0.264 e. The van der Waals surface area contributed by atoms with E-state index in [0.717, 1.165) is 42.0 Å². The van der Waals surface area contributed by atoms with Gasteiger partial charge in [0.05, 0.1) is 11.1 Å². The lowest BCUT2D eigenvalue weighted by atomic mass is 9.90. The summed E-state index contributed by atoms with van der Waals surface area (Å²) in [6.07, 6.45) is 9.66. The van der Waals surface area contributed by atoms with Gasteiger partial charge in [-0.2, -0.15) is 5.10 Å². The van der Waals surface area contributed by atoms with Crippen molar-refractivity contribution < 1.29 is 4.79 Å². The van der Waals surface area contributed by atoms with E-state index in [2.05, 4.69) is 23.0 Å². The van der Waals surface area contributed by atoms with Gasteiger partial charge in [0.25, 0.3) is 5.91 Å². The zero-order valence-corrected chi connectivity index (χ0v) is 14.6. The molecule has 4 nitrogen and oxygen atoms in total. The molecule has 1 amide bonds. The first-order chi connectivity index (χ1) is 11.1. The van der Waals surface area contributed by atoms with Crippen LogP contribution in [0.5, 0.6) is 0 Å². The average molecular weight is 329 g/mol. The molecule has 2 aliphatic rings. The number of nitrogens with zero attached hydrogens (tertiary/aromatic N) is 3. The molecule has 2 heterocycles. The Bertz CT molecular complexity index is 728. The normalized spacial score (nSPS) is 20.3. The van der Waals surface area contributed by atoms with Crippen LogP contribution < -0.4 is 0 Å². The molecule has 1 saturated carbocycles. The standard InChI is InChI=1S/C18H23N3OS/c1-12-3-6-16-14(7-12)8-17(23-16)18(22)21(15-4-5-15)11-13-9-19-20(2)10-13/h8-10,12,15H,3-7,11H2,1-2H3/t12-/m1/s1. The maximum absolute atomic E-state index is 13.0. The molecule has 122 valence electrons. The van der Waals surface area contributed by atoms with E-state index in [4.69, 9.17) is 0 Å². The van der Waals surface area contributed by atoms with Gasteiger partial charge in [-0.25, -0.2) is 0 Å². The van der Waals surface area contributed by atoms with Crippen molar-refractivity contribution >= 4 is 17.2 Å². The molecule has 1 fully saturated rings. The van der Waals surface area contributed by atoms with Gasteiger partial charge < -0.3 is 4.90 Å². The SMILES string of the molecule is C[C@@H]1CCc2sc(C(=O)N(Cc3cnn(C)c3)C3CC3)cc2C1. The fourth-order valence-electron chi connectivity index (χ4n) is 3.46. The van der Waals surface area contributed by atoms with E-state index in [9.17, 15) is 4.79 Å². The summed E-state index contributed by atoms with van der Waals surface area (Å²) in [6, 6.07) is 2.58. The molecule has 0 spiro atoms. The molecular weight excluding hydrogens is 306 g/mol. The first-order valence-electron chi connectivity index (χ1n) is 8.50. The van der Waals surface area contributed by atoms with Crippen LogP contribution in [0.4, 0.5) is 0 Å². The molecular formula is C18H23N3OS. The zero-order chi connectivity index (χ0) is 16.0. The van der Waals surface area contributed by atoms with Crippen molar-refractivity contribution in [2.75, 3.05) is 0 Å². The third kappa shape index (κ3) is 3.07. The second-order valence-corrected chi connectivity index (χ2v) is 8.23. The van der Waals surface area contributed by atoms with Crippen molar-refractivity contribution in [3.63, 3.8) is 0 Å². The summed E-state index contributed by atoms with van der Waals surface area (Å²) < 4.78 is 1.80. The summed E-state index contributed by atoms with van der Waals surface area (Å²) in [6.45, 7) is 2.98. The average Bonchev–Trinajstić information content (AvgIpc) is 3.15. The fourth-order valence-corrected chi connectivity index (χ4v) is 4.62. The number of carbonyl (C=O) groups excluding carboxylic acids is 1. The van der Waals surface area contributed by atoms with Gasteiger partial charge in [-0.1, -0.05) is 6.92 Å². The van der Waals surface area contributed by atoms with Gasteiger partial charge in [0, 0.05) is 36.3 Å². The number of carbonyl (C=O) groups is 1. The Kier molecular flexibility index (Phi) is 3.76. The van der Waals surface area contributed by atoms with Crippen LogP contribution in [0.3, 0.4) is 0 Å². The van der Waals surface area contributed by atoms with E-state index >= 15 is 0 Å². The molecule has 0 aromatic carbocycles. The van der Waals surface area contributed by atoms with Crippen LogP contribution in [-0.2, 0) is 26.4 Å². The number of rotatable bonds is 4. The summed E-state index contributed by atoms with van der Waals surface area (Å²) in [5.74, 6) is 0.957. The molecule has 0 aliphatic heterocycles. The molecule has 2 aromatic rings. The summed E-state index contributed by atoms with van der Waals surface area (Å²) in [5, 5.41) is 4.22. The van der Waals surface area contributed by atoms with Crippen LogP contribution in [-0.4, -0.2) is 26.6 Å². The van der Waals surface area contributed by atoms with Gasteiger partial charge in [0.2, 0.25) is 0 Å². The molecule has 1 atom stereocenters. The number of hydrogen-bond donors (Lipinski definition) is 0. The molecule has 2 aromatic heterocycles. The molecule has 0 radical (unpaired) electrons. The van der Waals surface area contributed by atoms with Crippen molar-refractivity contribution in [2.24, 2.45) is 13.0 Å². The second-order valence-electron chi connectivity index (χ2n) is 7.09. The summed E-state index contributed by atoms with van der Waals surface area (Å²) in [4.78, 5) is 17.5. The Morgan fingerprint density at radius 3 is 2.96 bits per heavy atom. The Morgan fingerprint density at radius 1 is 1.43 bits per heavy atom. The van der Waals surface area contributed by atoms with Crippen LogP contribution in [0.25, 0.3) is 0 Å². The Balaban J connectivity index is 1.56. The Morgan fingerprint density at radius 2 is 2.26 bits per heavy atom. The van der Waals surface area contributed by atoms with Crippen molar-refractivity contribution in [2.45, 2.75) is 51.6 Å². The summed E-state index contributed by atoms with van der Waals surface area (Å²) >= 11 is 1.72. The number of thiophene rings is 1. The minimum atomic E-state index is 0.211. The minimum absolute atomic E-state index is 0.211. The first-order valence-corrected chi connectivity index (χ1v) is 9.32. The molecule has 0 N–H and O–H groups in total. The van der Waals surface area contributed by atoms with Crippen molar-refractivity contribution in [1.29, 1.82) is 0 Å². The maximum Gasteiger partial charge on any atom is 0.264 e. The van der Waals surface area contributed by atoms with Crippen LogP contribution in [0.15, 0.2) is 18.5 Å². The fraction of sp³-hybridized carbons (Fsp3) is 0.556. The molecule has 4 rings (SSSR count). The third-order valence-corrected chi connectivity index (χ3v) is 6.12. The number of fused-ring (bicyclic) bond motifs is 1. The lowest BCUT2D eigenvalue weighted by Crippen LogP contribution is -2.32. The van der Waals surface area contributed by atoms with Gasteiger partial charge in [-0.05, 0) is 49.7 Å². The summed E-state index contributed by atoms with van der Waals surface area (Å²) in [5.41, 5.74) is 2.52. The highest BCUT2D eigenvalue weighted by Gasteiger charge is 2.34. The third-order valence-electron chi connectivity index (χ3n) is 4.90. The van der Waals surface area contributed by atoms with Crippen LogP contribution in [0.1, 0.15) is 51.9 Å². The topological polar surface area (TPSA) is 38.1 Å². The number of amides is 1. The van der Waals surface area contributed by atoms with Gasteiger partial charge >= 0.3 is 0 Å². The van der Waals surface area contributed by atoms with Crippen LogP contribution >= 0.6 is 11.3 Å². The largest absolute Gasteiger partial charge is 0.331 e. The number of hydrogen-bond acceptors (Lipinski definition) is 3. The monoisotopic (exact) mass is 329 g/mol. The van der Waals surface area contributed by atoms with Gasteiger partial charge in [-0.3, -0.25) is 9.48 Å². The second kappa shape index (κ2) is 5.78. The van der Waals surface area contributed by atoms with E-state index < -0.39 is 0 Å². The predicted octanol–water partition coefficient (Wildman–Crippen LogP) is 3.41. The highest BCUT2D eigenvalue weighted by Crippen LogP contribution is 2.35. The molecule has 5 heteroatoms. The number of aryl methyl sites for hydroxylation is 2. The van der Waals surface area contributed by atoms with E-state index in [1.54, 1.807) is 16.0 Å². The maximum atomic E-state index is 13.0. The highest BCUT2D eigenvalue weighted by molar-refractivity contribution is 7.14. The zero-order valence-electron chi connectivity index (χ0n) is 13.8. The van der Waals surface area contributed by atoms with Crippen LogP contribution in [0, 0.1) is 5.92 Å². The van der Waals surface area contributed by atoms with E-state index in [0.29, 0.717) is 12.6 Å². The Labute approximate surface area is 141 Å². The lowest BCUT2D eigenvalue weighted by molar-refractivity contribution is 0.0735. The summed E-state index contributed by atoms with van der Waals surface area (Å²) in [7, 11) is 1.92. The van der Waals surface area contributed by atoms with Crippen molar-refractivity contribution in [3.8, 4) is 0 Å². The molecule has 2 aliphatic carbocycles. The quantitative estimate of drug-likeness (QED) is 0.862. The van der Waals surface area contributed by atoms with E-state index in [1.807, 2.05) is 19.4 Å². The molecule has 0 unspecified atom stereocenters.